The molecule has 7 heteroatoms. The lowest BCUT2D eigenvalue weighted by molar-refractivity contribution is 0.103. The Kier molecular flexibility index (Phi) is 6.77. The molecule has 0 atom stereocenters. The van der Waals surface area contributed by atoms with E-state index < -0.39 is 0 Å². The van der Waals surface area contributed by atoms with E-state index in [0.717, 1.165) is 32.5 Å². The molecule has 0 saturated carbocycles. The van der Waals surface area contributed by atoms with Crippen LogP contribution in [0.3, 0.4) is 0 Å². The van der Waals surface area contributed by atoms with Crippen molar-refractivity contribution in [2.24, 2.45) is 0 Å². The monoisotopic (exact) mass is 509 g/mol. The van der Waals surface area contributed by atoms with E-state index in [2.05, 4.69) is 51.5 Å². The molecule has 164 valence electrons. The van der Waals surface area contributed by atoms with Crippen LogP contribution in [0.1, 0.15) is 37.5 Å². The highest BCUT2D eigenvalue weighted by Gasteiger charge is 2.15. The van der Waals surface area contributed by atoms with Crippen LogP contribution in [0.4, 0.5) is 5.82 Å². The molecule has 0 aliphatic heterocycles. The molecule has 2 aromatic heterocycles. The van der Waals surface area contributed by atoms with Crippen molar-refractivity contribution in [3.8, 4) is 5.75 Å². The van der Waals surface area contributed by atoms with Gasteiger partial charge >= 0.3 is 0 Å². The number of nitrogens with one attached hydrogen (secondary N) is 1. The van der Waals surface area contributed by atoms with Gasteiger partial charge in [-0.25, -0.2) is 0 Å². The van der Waals surface area contributed by atoms with Gasteiger partial charge in [-0.15, -0.1) is 11.3 Å². The number of aryl methyl sites for hydroxylation is 3. The minimum absolute atomic E-state index is 0.185. The van der Waals surface area contributed by atoms with E-state index in [0.29, 0.717) is 23.8 Å². The average Bonchev–Trinajstić information content (AvgIpc) is 3.34. The Hall–Kier alpha value is -2.90. The molecule has 32 heavy (non-hydrogen) atoms. The van der Waals surface area contributed by atoms with E-state index in [-0.39, 0.29) is 5.91 Å². The third kappa shape index (κ3) is 5.29. The molecular weight excluding hydrogens is 486 g/mol. The summed E-state index contributed by atoms with van der Waals surface area (Å²) in [5.74, 6) is 1.21. The van der Waals surface area contributed by atoms with Gasteiger partial charge in [0.15, 0.2) is 5.82 Å². The Bertz CT molecular complexity index is 1240. The van der Waals surface area contributed by atoms with E-state index >= 15 is 0 Å². The number of halogens is 1. The first-order valence-corrected chi connectivity index (χ1v) is 11.9. The summed E-state index contributed by atoms with van der Waals surface area (Å²) < 4.78 is 8.56. The van der Waals surface area contributed by atoms with Crippen LogP contribution in [0.15, 0.2) is 64.6 Å². The highest BCUT2D eigenvalue weighted by Crippen LogP contribution is 2.26. The second kappa shape index (κ2) is 9.71. The highest BCUT2D eigenvalue weighted by molar-refractivity contribution is 9.10. The zero-order chi connectivity index (χ0) is 22.7. The van der Waals surface area contributed by atoms with Crippen LogP contribution in [0.2, 0.25) is 0 Å². The summed E-state index contributed by atoms with van der Waals surface area (Å²) in [6, 6.07) is 16.2. The highest BCUT2D eigenvalue weighted by atomic mass is 79.9. The van der Waals surface area contributed by atoms with Crippen molar-refractivity contribution in [2.75, 3.05) is 5.32 Å². The maximum absolute atomic E-state index is 12.8. The van der Waals surface area contributed by atoms with Gasteiger partial charge in [0.05, 0.1) is 15.9 Å². The van der Waals surface area contributed by atoms with E-state index in [4.69, 9.17) is 4.74 Å². The van der Waals surface area contributed by atoms with Crippen LogP contribution in [0, 0.1) is 20.8 Å². The van der Waals surface area contributed by atoms with Crippen molar-refractivity contribution < 1.29 is 9.53 Å². The third-order valence-corrected chi connectivity index (χ3v) is 6.60. The molecule has 0 aliphatic carbocycles. The van der Waals surface area contributed by atoms with Crippen molar-refractivity contribution in [3.05, 3.63) is 97.3 Å². The maximum atomic E-state index is 12.8. The fraction of sp³-hybridized carbons (Fsp3) is 0.200. The van der Waals surface area contributed by atoms with E-state index in [9.17, 15) is 4.79 Å². The predicted octanol–water partition coefficient (Wildman–Crippen LogP) is 6.51. The molecule has 0 radical (unpaired) electrons. The van der Waals surface area contributed by atoms with Gasteiger partial charge in [-0.05, 0) is 64.8 Å². The summed E-state index contributed by atoms with van der Waals surface area (Å²) >= 11 is 4.90. The van der Waals surface area contributed by atoms with Crippen molar-refractivity contribution in [1.82, 2.24) is 9.78 Å². The van der Waals surface area contributed by atoms with E-state index in [1.54, 1.807) is 0 Å². The van der Waals surface area contributed by atoms with Gasteiger partial charge in [0.25, 0.3) is 5.91 Å². The smallest absolute Gasteiger partial charge is 0.266 e. The first-order valence-electron chi connectivity index (χ1n) is 10.3. The van der Waals surface area contributed by atoms with Crippen LogP contribution in [0.25, 0.3) is 0 Å². The van der Waals surface area contributed by atoms with Crippen LogP contribution in [-0.4, -0.2) is 15.7 Å². The quantitative estimate of drug-likeness (QED) is 0.308. The second-order valence-electron chi connectivity index (χ2n) is 7.80. The molecule has 0 aliphatic rings. The first-order chi connectivity index (χ1) is 15.4. The zero-order valence-corrected chi connectivity index (χ0v) is 20.6. The third-order valence-electron chi connectivity index (χ3n) is 5.05. The van der Waals surface area contributed by atoms with Crippen molar-refractivity contribution in [2.45, 2.75) is 33.9 Å². The number of aromatic nitrogens is 2. The molecule has 4 aromatic rings. The van der Waals surface area contributed by atoms with Crippen molar-refractivity contribution in [1.29, 1.82) is 0 Å². The number of ether oxygens (including phenoxy) is 1. The number of hydrogen-bond acceptors (Lipinski definition) is 4. The van der Waals surface area contributed by atoms with Gasteiger partial charge in [0, 0.05) is 11.8 Å². The molecule has 1 amide bonds. The summed E-state index contributed by atoms with van der Waals surface area (Å²) in [6.45, 7) is 7.19. The number of thiophene rings is 1. The number of amides is 1. The zero-order valence-electron chi connectivity index (χ0n) is 18.2. The predicted molar refractivity (Wildman–Crippen MR) is 133 cm³/mol. The maximum Gasteiger partial charge on any atom is 0.266 e. The number of carbonyl (C=O) groups excluding carboxylic acids is 1. The van der Waals surface area contributed by atoms with Crippen LogP contribution < -0.4 is 10.1 Å². The number of anilines is 1. The van der Waals surface area contributed by atoms with Gasteiger partial charge in [0.1, 0.15) is 12.4 Å². The molecule has 5 nitrogen and oxygen atoms in total. The number of hydrogen-bond donors (Lipinski definition) is 1. The summed E-state index contributed by atoms with van der Waals surface area (Å²) in [5, 5.41) is 9.37. The number of carbonyl (C=O) groups is 1. The fourth-order valence-corrected chi connectivity index (χ4v) is 4.69. The van der Waals surface area contributed by atoms with E-state index in [1.807, 2.05) is 60.4 Å². The summed E-state index contributed by atoms with van der Waals surface area (Å²) in [7, 11) is 0. The van der Waals surface area contributed by atoms with Gasteiger partial charge in [-0.3, -0.25) is 9.48 Å². The Morgan fingerprint density at radius 1 is 1.09 bits per heavy atom. The molecule has 0 saturated heterocycles. The Morgan fingerprint density at radius 3 is 2.59 bits per heavy atom. The molecular formula is C25H24BrN3O2S. The van der Waals surface area contributed by atoms with Crippen LogP contribution in [0.5, 0.6) is 5.75 Å². The summed E-state index contributed by atoms with van der Waals surface area (Å²) in [4.78, 5) is 13.4. The number of para-hydroxylation sites is 1. The number of rotatable bonds is 7. The molecule has 0 fully saturated rings. The van der Waals surface area contributed by atoms with E-state index in [1.165, 1.54) is 16.9 Å². The van der Waals surface area contributed by atoms with Gasteiger partial charge in [0.2, 0.25) is 0 Å². The second-order valence-corrected chi connectivity index (χ2v) is 9.56. The molecule has 0 spiro atoms. The minimum Gasteiger partial charge on any atom is -0.488 e. The normalized spacial score (nSPS) is 10.9. The summed E-state index contributed by atoms with van der Waals surface area (Å²) in [6.07, 6.45) is 1.87. The fourth-order valence-electron chi connectivity index (χ4n) is 3.48. The van der Waals surface area contributed by atoms with Crippen LogP contribution in [-0.2, 0) is 13.2 Å². The lowest BCUT2D eigenvalue weighted by Crippen LogP contribution is -2.12. The van der Waals surface area contributed by atoms with Gasteiger partial charge in [-0.2, -0.15) is 5.10 Å². The number of benzene rings is 2. The van der Waals surface area contributed by atoms with Gasteiger partial charge in [-0.1, -0.05) is 48.0 Å². The van der Waals surface area contributed by atoms with Crippen LogP contribution >= 0.6 is 27.3 Å². The largest absolute Gasteiger partial charge is 0.488 e. The molecule has 2 aromatic carbocycles. The minimum atomic E-state index is -0.185. The molecule has 0 bridgehead atoms. The Morgan fingerprint density at radius 2 is 1.84 bits per heavy atom. The molecule has 0 unspecified atom stereocenters. The standard InChI is InChI=1S/C25H24BrN3O2S/c1-16-6-4-9-19(10-16)12-29-13-21(26)24(28-29)27-25(30)22-11-20(15-32-22)14-31-23-17(2)7-5-8-18(23)3/h4-11,13,15H,12,14H2,1-3H3,(H,27,28,30). The summed E-state index contributed by atoms with van der Waals surface area (Å²) in [5.41, 5.74) is 5.53. The lowest BCUT2D eigenvalue weighted by Gasteiger charge is -2.10. The van der Waals surface area contributed by atoms with Crippen molar-refractivity contribution >= 4 is 39.0 Å². The van der Waals surface area contributed by atoms with Gasteiger partial charge < -0.3 is 10.1 Å². The SMILES string of the molecule is Cc1cccc(Cn2cc(Br)c(NC(=O)c3cc(COc4c(C)cccc4C)cs3)n2)c1. The Balaban J connectivity index is 1.39. The molecule has 2 heterocycles. The lowest BCUT2D eigenvalue weighted by atomic mass is 10.1. The van der Waals surface area contributed by atoms with Crippen molar-refractivity contribution in [3.63, 3.8) is 0 Å². The molecule has 4 rings (SSSR count). The number of nitrogens with zero attached hydrogens (tertiary/aromatic N) is 2. The Labute approximate surface area is 200 Å². The average molecular weight is 510 g/mol. The topological polar surface area (TPSA) is 56.2 Å². The molecule has 1 N–H and O–H groups in total. The first kappa shape index (κ1) is 22.3.